The molecule has 5 heteroatoms. The Bertz CT molecular complexity index is 721. The van der Waals surface area contributed by atoms with Gasteiger partial charge in [-0.2, -0.15) is 0 Å². The Morgan fingerprint density at radius 1 is 1.09 bits per heavy atom. The molecule has 0 aliphatic carbocycles. The lowest BCUT2D eigenvalue weighted by Crippen LogP contribution is -2.04. The van der Waals surface area contributed by atoms with Crippen molar-refractivity contribution in [3.63, 3.8) is 0 Å². The molecule has 0 saturated heterocycles. The van der Waals surface area contributed by atoms with Gasteiger partial charge in [0.15, 0.2) is 0 Å². The third-order valence-electron chi connectivity index (χ3n) is 3.88. The van der Waals surface area contributed by atoms with E-state index in [2.05, 4.69) is 4.74 Å². The number of methoxy groups -OCH3 is 1. The summed E-state index contributed by atoms with van der Waals surface area (Å²) in [7, 11) is 1.37. The van der Waals surface area contributed by atoms with Crippen molar-refractivity contribution in [2.75, 3.05) is 7.11 Å². The molecular weight excluding hydrogens is 296 g/mol. The van der Waals surface area contributed by atoms with Crippen LogP contribution in [0.25, 0.3) is 10.8 Å². The van der Waals surface area contributed by atoms with Crippen LogP contribution in [-0.2, 0) is 16.0 Å². The minimum Gasteiger partial charge on any atom is -0.508 e. The van der Waals surface area contributed by atoms with Crippen molar-refractivity contribution in [2.45, 2.75) is 32.1 Å². The van der Waals surface area contributed by atoms with Crippen LogP contribution in [0.5, 0.6) is 5.75 Å². The lowest BCUT2D eigenvalue weighted by molar-refractivity contribution is -0.140. The van der Waals surface area contributed by atoms with Crippen LogP contribution in [0.3, 0.4) is 0 Å². The fourth-order valence-electron chi connectivity index (χ4n) is 2.70. The van der Waals surface area contributed by atoms with Gasteiger partial charge in [0.25, 0.3) is 0 Å². The van der Waals surface area contributed by atoms with Gasteiger partial charge in [-0.25, -0.2) is 4.79 Å². The van der Waals surface area contributed by atoms with Crippen molar-refractivity contribution >= 4 is 22.7 Å². The highest BCUT2D eigenvalue weighted by molar-refractivity contribution is 5.98. The number of aromatic hydroxyl groups is 1. The highest BCUT2D eigenvalue weighted by Gasteiger charge is 2.13. The molecule has 23 heavy (non-hydrogen) atoms. The summed E-state index contributed by atoms with van der Waals surface area (Å²) in [5.74, 6) is -1.02. The third-order valence-corrected chi connectivity index (χ3v) is 3.88. The Morgan fingerprint density at radius 3 is 2.57 bits per heavy atom. The number of aryl methyl sites for hydroxylation is 1. The first-order valence-electron chi connectivity index (χ1n) is 7.57. The lowest BCUT2D eigenvalue weighted by Gasteiger charge is -2.11. The number of rotatable bonds is 7. The van der Waals surface area contributed by atoms with Crippen molar-refractivity contribution in [2.24, 2.45) is 0 Å². The molecule has 0 atom stereocenters. The second kappa shape index (κ2) is 7.63. The van der Waals surface area contributed by atoms with Crippen LogP contribution in [0.4, 0.5) is 0 Å². The number of benzene rings is 2. The summed E-state index contributed by atoms with van der Waals surface area (Å²) in [6.07, 6.45) is 3.33. The molecule has 122 valence electrons. The number of hydrogen-bond acceptors (Lipinski definition) is 4. The number of ether oxygens (including phenoxy) is 1. The topological polar surface area (TPSA) is 83.8 Å². The molecule has 0 fully saturated rings. The highest BCUT2D eigenvalue weighted by atomic mass is 16.5. The molecule has 2 rings (SSSR count). The van der Waals surface area contributed by atoms with Crippen LogP contribution >= 0.6 is 0 Å². The Hall–Kier alpha value is -2.56. The Labute approximate surface area is 134 Å². The van der Waals surface area contributed by atoms with Gasteiger partial charge >= 0.3 is 11.9 Å². The molecular formula is C18H20O5. The molecule has 0 aliphatic heterocycles. The van der Waals surface area contributed by atoms with Crippen LogP contribution in [0.2, 0.25) is 0 Å². The highest BCUT2D eigenvalue weighted by Crippen LogP contribution is 2.27. The van der Waals surface area contributed by atoms with Crippen molar-refractivity contribution in [1.82, 2.24) is 0 Å². The van der Waals surface area contributed by atoms with Gasteiger partial charge < -0.3 is 14.9 Å². The second-order valence-electron chi connectivity index (χ2n) is 5.44. The van der Waals surface area contributed by atoms with E-state index in [1.807, 2.05) is 0 Å². The Kier molecular flexibility index (Phi) is 5.57. The summed E-state index contributed by atoms with van der Waals surface area (Å²) < 4.78 is 4.59. The summed E-state index contributed by atoms with van der Waals surface area (Å²) in [6, 6.07) is 8.23. The SMILES string of the molecule is COC(=O)CCCCCc1c(C(=O)O)ccc2cc(O)ccc12. The number of aromatic carboxylic acids is 1. The fourth-order valence-corrected chi connectivity index (χ4v) is 2.70. The zero-order valence-corrected chi connectivity index (χ0v) is 13.0. The van der Waals surface area contributed by atoms with Gasteiger partial charge in [-0.1, -0.05) is 18.6 Å². The van der Waals surface area contributed by atoms with E-state index in [1.165, 1.54) is 7.11 Å². The number of hydrogen-bond donors (Lipinski definition) is 2. The number of fused-ring (bicyclic) bond motifs is 1. The van der Waals surface area contributed by atoms with E-state index in [0.717, 1.165) is 35.6 Å². The largest absolute Gasteiger partial charge is 0.508 e. The van der Waals surface area contributed by atoms with Crippen LogP contribution in [0, 0.1) is 0 Å². The smallest absolute Gasteiger partial charge is 0.335 e. The average molecular weight is 316 g/mol. The molecule has 0 amide bonds. The second-order valence-corrected chi connectivity index (χ2v) is 5.44. The zero-order valence-electron chi connectivity index (χ0n) is 13.0. The number of esters is 1. The summed E-state index contributed by atoms with van der Waals surface area (Å²) in [6.45, 7) is 0. The predicted molar refractivity (Wildman–Crippen MR) is 86.8 cm³/mol. The molecule has 0 saturated carbocycles. The van der Waals surface area contributed by atoms with Crippen LogP contribution < -0.4 is 0 Å². The van der Waals surface area contributed by atoms with Gasteiger partial charge in [0.1, 0.15) is 5.75 Å². The van der Waals surface area contributed by atoms with E-state index in [0.29, 0.717) is 12.8 Å². The van der Waals surface area contributed by atoms with E-state index < -0.39 is 5.97 Å². The number of phenolic OH excluding ortho intramolecular Hbond substituents is 1. The molecule has 5 nitrogen and oxygen atoms in total. The summed E-state index contributed by atoms with van der Waals surface area (Å²) in [5, 5.41) is 20.6. The lowest BCUT2D eigenvalue weighted by atomic mass is 9.94. The molecule has 0 spiro atoms. The minimum absolute atomic E-state index is 0.157. The normalized spacial score (nSPS) is 10.7. The molecule has 0 heterocycles. The molecule has 2 aromatic carbocycles. The van der Waals surface area contributed by atoms with Gasteiger partial charge in [-0.15, -0.1) is 0 Å². The maximum atomic E-state index is 11.4. The number of phenols is 1. The van der Waals surface area contributed by atoms with Crippen LogP contribution in [0.1, 0.15) is 41.6 Å². The monoisotopic (exact) mass is 316 g/mol. The van der Waals surface area contributed by atoms with E-state index >= 15 is 0 Å². The quantitative estimate of drug-likeness (QED) is 0.603. The molecule has 0 unspecified atom stereocenters. The van der Waals surface area contributed by atoms with Crippen molar-refractivity contribution in [3.8, 4) is 5.75 Å². The molecule has 0 bridgehead atoms. The zero-order chi connectivity index (χ0) is 16.8. The maximum Gasteiger partial charge on any atom is 0.335 e. The first-order valence-corrected chi connectivity index (χ1v) is 7.57. The van der Waals surface area contributed by atoms with Crippen LogP contribution in [0.15, 0.2) is 30.3 Å². The maximum absolute atomic E-state index is 11.4. The summed E-state index contributed by atoms with van der Waals surface area (Å²) in [4.78, 5) is 22.5. The standard InChI is InChI=1S/C18H20O5/c1-23-17(20)6-4-2-3-5-15-14-10-8-13(19)11-12(14)7-9-16(15)18(21)22/h7-11,19H,2-6H2,1H3,(H,21,22). The first kappa shape index (κ1) is 16.8. The molecule has 0 radical (unpaired) electrons. The van der Waals surface area contributed by atoms with E-state index in [9.17, 15) is 19.8 Å². The van der Waals surface area contributed by atoms with Crippen LogP contribution in [-0.4, -0.2) is 29.3 Å². The van der Waals surface area contributed by atoms with Gasteiger partial charge in [-0.3, -0.25) is 4.79 Å². The number of carbonyl (C=O) groups is 2. The third kappa shape index (κ3) is 4.22. The number of unbranched alkanes of at least 4 members (excludes halogenated alkanes) is 2. The van der Waals surface area contributed by atoms with Crippen molar-refractivity contribution < 1.29 is 24.5 Å². The van der Waals surface area contributed by atoms with E-state index in [-0.39, 0.29) is 17.3 Å². The number of carboxylic acid groups (broad SMARTS) is 1. The summed E-state index contributed by atoms with van der Waals surface area (Å²) >= 11 is 0. The van der Waals surface area contributed by atoms with Crippen molar-refractivity contribution in [1.29, 1.82) is 0 Å². The first-order chi connectivity index (χ1) is 11.0. The average Bonchev–Trinajstić information content (AvgIpc) is 2.53. The van der Waals surface area contributed by atoms with Gasteiger partial charge in [0.2, 0.25) is 0 Å². The summed E-state index contributed by atoms with van der Waals surface area (Å²) in [5.41, 5.74) is 1.06. The van der Waals surface area contributed by atoms with E-state index in [4.69, 9.17) is 0 Å². The van der Waals surface area contributed by atoms with E-state index in [1.54, 1.807) is 30.3 Å². The van der Waals surface area contributed by atoms with Gasteiger partial charge in [-0.05, 0) is 53.8 Å². The number of carbonyl (C=O) groups excluding carboxylic acids is 1. The number of carboxylic acids is 1. The predicted octanol–water partition coefficient (Wildman–Crippen LogP) is 3.52. The Morgan fingerprint density at radius 2 is 1.87 bits per heavy atom. The van der Waals surface area contributed by atoms with Gasteiger partial charge in [0.05, 0.1) is 12.7 Å². The molecule has 0 aliphatic rings. The molecule has 0 aromatic heterocycles. The molecule has 2 N–H and O–H groups in total. The van der Waals surface area contributed by atoms with Crippen molar-refractivity contribution in [3.05, 3.63) is 41.5 Å². The van der Waals surface area contributed by atoms with Gasteiger partial charge in [0, 0.05) is 6.42 Å². The molecule has 2 aromatic rings. The Balaban J connectivity index is 2.15. The fraction of sp³-hybridized carbons (Fsp3) is 0.333. The minimum atomic E-state index is -0.954.